The van der Waals surface area contributed by atoms with Gasteiger partial charge in [-0.2, -0.15) is 0 Å². The van der Waals surface area contributed by atoms with Crippen molar-refractivity contribution in [2.75, 3.05) is 26.2 Å². The number of unbranched alkanes of at least 4 members (excludes halogenated alkanes) is 3. The Labute approximate surface area is 106 Å². The monoisotopic (exact) mass is 241 g/mol. The van der Waals surface area contributed by atoms with Crippen molar-refractivity contribution >= 4 is 5.97 Å². The second kappa shape index (κ2) is 8.51. The van der Waals surface area contributed by atoms with Gasteiger partial charge in [-0.1, -0.05) is 26.2 Å². The third-order valence-electron chi connectivity index (χ3n) is 3.45. The summed E-state index contributed by atoms with van der Waals surface area (Å²) in [6.07, 6.45) is 7.34. The maximum Gasteiger partial charge on any atom is 0.310 e. The molecule has 17 heavy (non-hydrogen) atoms. The van der Waals surface area contributed by atoms with Gasteiger partial charge in [0.1, 0.15) is 0 Å². The average Bonchev–Trinajstić information content (AvgIpc) is 2.35. The molecule has 0 bridgehead atoms. The highest BCUT2D eigenvalue weighted by molar-refractivity contribution is 5.72. The van der Waals surface area contributed by atoms with E-state index in [1.165, 1.54) is 25.7 Å². The van der Waals surface area contributed by atoms with Crippen LogP contribution in [0.3, 0.4) is 0 Å². The fourth-order valence-corrected chi connectivity index (χ4v) is 2.47. The molecule has 0 aliphatic carbocycles. The standard InChI is InChI=1S/C14H27NO2/c1-3-5-6-7-10-15-11-8-9-13(12-15)14(16)17-4-2/h13H,3-12H2,1-2H3/t13-/m1/s1. The van der Waals surface area contributed by atoms with Gasteiger partial charge >= 0.3 is 5.97 Å². The van der Waals surface area contributed by atoms with E-state index in [4.69, 9.17) is 4.74 Å². The predicted octanol–water partition coefficient (Wildman–Crippen LogP) is 2.84. The molecule has 0 spiro atoms. The first-order chi connectivity index (χ1) is 8.27. The van der Waals surface area contributed by atoms with E-state index in [2.05, 4.69) is 11.8 Å². The quantitative estimate of drug-likeness (QED) is 0.507. The van der Waals surface area contributed by atoms with Crippen LogP contribution in [0.1, 0.15) is 52.4 Å². The Morgan fingerprint density at radius 2 is 2.12 bits per heavy atom. The van der Waals surface area contributed by atoms with Crippen molar-refractivity contribution in [3.8, 4) is 0 Å². The van der Waals surface area contributed by atoms with Crippen molar-refractivity contribution in [1.29, 1.82) is 0 Å². The van der Waals surface area contributed by atoms with Gasteiger partial charge in [0.05, 0.1) is 12.5 Å². The maximum absolute atomic E-state index is 11.7. The Balaban J connectivity index is 2.21. The van der Waals surface area contributed by atoms with Crippen LogP contribution in [0.2, 0.25) is 0 Å². The molecule has 1 aliphatic rings. The first-order valence-corrected chi connectivity index (χ1v) is 7.16. The van der Waals surface area contributed by atoms with Crippen LogP contribution >= 0.6 is 0 Å². The second-order valence-corrected chi connectivity index (χ2v) is 4.95. The summed E-state index contributed by atoms with van der Waals surface area (Å²) in [4.78, 5) is 14.1. The van der Waals surface area contributed by atoms with E-state index in [0.29, 0.717) is 6.61 Å². The third kappa shape index (κ3) is 5.53. The van der Waals surface area contributed by atoms with E-state index in [1.54, 1.807) is 0 Å². The third-order valence-corrected chi connectivity index (χ3v) is 3.45. The van der Waals surface area contributed by atoms with Gasteiger partial charge in [-0.3, -0.25) is 4.79 Å². The van der Waals surface area contributed by atoms with Crippen LogP contribution in [0, 0.1) is 5.92 Å². The van der Waals surface area contributed by atoms with Crippen LogP contribution in [0.15, 0.2) is 0 Å². The first kappa shape index (κ1) is 14.5. The van der Waals surface area contributed by atoms with Crippen LogP contribution in [0.5, 0.6) is 0 Å². The molecule has 0 unspecified atom stereocenters. The minimum atomic E-state index is 0.00533. The number of hydrogen-bond donors (Lipinski definition) is 0. The van der Waals surface area contributed by atoms with Crippen molar-refractivity contribution in [1.82, 2.24) is 4.90 Å². The van der Waals surface area contributed by atoms with Gasteiger partial charge in [-0.25, -0.2) is 0 Å². The second-order valence-electron chi connectivity index (χ2n) is 4.95. The Kier molecular flexibility index (Phi) is 7.25. The molecule has 0 aromatic carbocycles. The van der Waals surface area contributed by atoms with Crippen LogP contribution in [-0.2, 0) is 9.53 Å². The van der Waals surface area contributed by atoms with E-state index >= 15 is 0 Å². The summed E-state index contributed by atoms with van der Waals surface area (Å²) in [5.74, 6) is 0.126. The van der Waals surface area contributed by atoms with E-state index in [9.17, 15) is 4.79 Å². The van der Waals surface area contributed by atoms with Crippen LogP contribution in [0.4, 0.5) is 0 Å². The van der Waals surface area contributed by atoms with Crippen molar-refractivity contribution in [2.24, 2.45) is 5.92 Å². The molecule has 1 heterocycles. The van der Waals surface area contributed by atoms with Gasteiger partial charge < -0.3 is 9.64 Å². The minimum absolute atomic E-state index is 0.00533. The number of hydrogen-bond acceptors (Lipinski definition) is 3. The van der Waals surface area contributed by atoms with Gasteiger partial charge in [-0.15, -0.1) is 0 Å². The van der Waals surface area contributed by atoms with Gasteiger partial charge in [0.2, 0.25) is 0 Å². The molecule has 3 nitrogen and oxygen atoms in total. The number of esters is 1. The lowest BCUT2D eigenvalue weighted by Gasteiger charge is -2.31. The van der Waals surface area contributed by atoms with Gasteiger partial charge in [0.15, 0.2) is 0 Å². The Morgan fingerprint density at radius 1 is 1.29 bits per heavy atom. The highest BCUT2D eigenvalue weighted by atomic mass is 16.5. The first-order valence-electron chi connectivity index (χ1n) is 7.16. The fourth-order valence-electron chi connectivity index (χ4n) is 2.47. The molecular formula is C14H27NO2. The Morgan fingerprint density at radius 3 is 2.82 bits per heavy atom. The molecule has 3 heteroatoms. The smallest absolute Gasteiger partial charge is 0.310 e. The molecular weight excluding hydrogens is 214 g/mol. The molecule has 100 valence electrons. The molecule has 1 atom stereocenters. The number of nitrogens with zero attached hydrogens (tertiary/aromatic N) is 1. The number of rotatable bonds is 7. The highest BCUT2D eigenvalue weighted by Crippen LogP contribution is 2.18. The number of ether oxygens (including phenoxy) is 1. The Hall–Kier alpha value is -0.570. The number of likely N-dealkylation sites (tertiary alicyclic amines) is 1. The summed E-state index contributed by atoms with van der Waals surface area (Å²) in [5.41, 5.74) is 0. The maximum atomic E-state index is 11.7. The summed E-state index contributed by atoms with van der Waals surface area (Å²) < 4.78 is 5.11. The predicted molar refractivity (Wildman–Crippen MR) is 69.9 cm³/mol. The minimum Gasteiger partial charge on any atom is -0.466 e. The average molecular weight is 241 g/mol. The molecule has 0 N–H and O–H groups in total. The summed E-state index contributed by atoms with van der Waals surface area (Å²) >= 11 is 0. The summed E-state index contributed by atoms with van der Waals surface area (Å²) in [6, 6.07) is 0. The molecule has 0 radical (unpaired) electrons. The van der Waals surface area contributed by atoms with Crippen molar-refractivity contribution in [3.63, 3.8) is 0 Å². The topological polar surface area (TPSA) is 29.5 Å². The molecule has 0 amide bonds. The molecule has 0 aromatic rings. The lowest BCUT2D eigenvalue weighted by molar-refractivity contribution is -0.149. The SMILES string of the molecule is CCCCCCN1CCC[C@@H](C(=O)OCC)C1. The zero-order valence-electron chi connectivity index (χ0n) is 11.4. The molecule has 0 saturated carbocycles. The molecule has 0 aromatic heterocycles. The number of carbonyl (C=O) groups excluding carboxylic acids is 1. The van der Waals surface area contributed by atoms with Crippen LogP contribution in [-0.4, -0.2) is 37.1 Å². The summed E-state index contributed by atoms with van der Waals surface area (Å²) in [5, 5.41) is 0. The summed E-state index contributed by atoms with van der Waals surface area (Å²) in [6.45, 7) is 7.83. The van der Waals surface area contributed by atoms with Crippen molar-refractivity contribution < 1.29 is 9.53 Å². The van der Waals surface area contributed by atoms with E-state index < -0.39 is 0 Å². The van der Waals surface area contributed by atoms with Crippen LogP contribution < -0.4 is 0 Å². The van der Waals surface area contributed by atoms with Crippen LogP contribution in [0.25, 0.3) is 0 Å². The van der Waals surface area contributed by atoms with E-state index in [-0.39, 0.29) is 11.9 Å². The molecule has 1 aliphatic heterocycles. The van der Waals surface area contributed by atoms with E-state index in [1.807, 2.05) is 6.92 Å². The van der Waals surface area contributed by atoms with E-state index in [0.717, 1.165) is 32.5 Å². The lowest BCUT2D eigenvalue weighted by Crippen LogP contribution is -2.39. The van der Waals surface area contributed by atoms with Gasteiger partial charge in [0.25, 0.3) is 0 Å². The summed E-state index contributed by atoms with van der Waals surface area (Å²) in [7, 11) is 0. The Bertz CT molecular complexity index is 218. The molecule has 1 fully saturated rings. The van der Waals surface area contributed by atoms with Crippen molar-refractivity contribution in [2.45, 2.75) is 52.4 Å². The zero-order valence-corrected chi connectivity index (χ0v) is 11.4. The van der Waals surface area contributed by atoms with Crippen molar-refractivity contribution in [3.05, 3.63) is 0 Å². The fraction of sp³-hybridized carbons (Fsp3) is 0.929. The number of piperidine rings is 1. The van der Waals surface area contributed by atoms with Gasteiger partial charge in [-0.05, 0) is 39.3 Å². The zero-order chi connectivity index (χ0) is 12.5. The highest BCUT2D eigenvalue weighted by Gasteiger charge is 2.26. The molecule has 1 saturated heterocycles. The number of carbonyl (C=O) groups is 1. The molecule has 1 rings (SSSR count). The lowest BCUT2D eigenvalue weighted by atomic mass is 9.98. The van der Waals surface area contributed by atoms with Gasteiger partial charge in [0, 0.05) is 6.54 Å². The largest absolute Gasteiger partial charge is 0.466 e. The normalized spacial score (nSPS) is 21.4.